The number of hydrogen-bond donors (Lipinski definition) is 2. The number of urea groups is 1. The summed E-state index contributed by atoms with van der Waals surface area (Å²) in [6.07, 6.45) is 1.75. The molecule has 0 fully saturated rings. The molecule has 2 aromatic heterocycles. The Morgan fingerprint density at radius 1 is 1.17 bits per heavy atom. The van der Waals surface area contributed by atoms with Gasteiger partial charge < -0.3 is 10.6 Å². The molecule has 3 rings (SSSR count). The predicted molar refractivity (Wildman–Crippen MR) is 93.5 cm³/mol. The lowest BCUT2D eigenvalue weighted by atomic mass is 10.2. The Kier molecular flexibility index (Phi) is 4.56. The zero-order chi connectivity index (χ0) is 16.9. The molecule has 6 heteroatoms. The van der Waals surface area contributed by atoms with E-state index in [1.165, 1.54) is 0 Å². The van der Waals surface area contributed by atoms with E-state index >= 15 is 0 Å². The summed E-state index contributed by atoms with van der Waals surface area (Å²) in [4.78, 5) is 16.4. The fraction of sp³-hybridized carbons (Fsp3) is 0.167. The van der Waals surface area contributed by atoms with Gasteiger partial charge in [0.15, 0.2) is 0 Å². The largest absolute Gasteiger partial charge is 0.332 e. The van der Waals surface area contributed by atoms with Crippen molar-refractivity contribution in [3.63, 3.8) is 0 Å². The molecule has 2 amide bonds. The van der Waals surface area contributed by atoms with E-state index in [-0.39, 0.29) is 6.03 Å². The van der Waals surface area contributed by atoms with Crippen LogP contribution in [0.4, 0.5) is 10.5 Å². The maximum Gasteiger partial charge on any atom is 0.319 e. The summed E-state index contributed by atoms with van der Waals surface area (Å²) in [6.45, 7) is 2.30. The van der Waals surface area contributed by atoms with Crippen LogP contribution >= 0.6 is 0 Å². The third kappa shape index (κ3) is 3.60. The van der Waals surface area contributed by atoms with E-state index in [4.69, 9.17) is 0 Å². The number of carbonyl (C=O) groups is 1. The Morgan fingerprint density at radius 3 is 2.71 bits per heavy atom. The number of aryl methyl sites for hydroxylation is 2. The number of amides is 2. The summed E-state index contributed by atoms with van der Waals surface area (Å²) >= 11 is 0. The Labute approximate surface area is 140 Å². The van der Waals surface area contributed by atoms with Crippen LogP contribution in [0.2, 0.25) is 0 Å². The highest BCUT2D eigenvalue weighted by molar-refractivity contribution is 5.89. The molecule has 122 valence electrons. The van der Waals surface area contributed by atoms with Crippen LogP contribution in [-0.2, 0) is 13.6 Å². The van der Waals surface area contributed by atoms with Crippen molar-refractivity contribution in [1.82, 2.24) is 20.1 Å². The number of rotatable bonds is 4. The van der Waals surface area contributed by atoms with Crippen LogP contribution in [-0.4, -0.2) is 20.8 Å². The number of nitrogens with zero attached hydrogens (tertiary/aromatic N) is 3. The van der Waals surface area contributed by atoms with Gasteiger partial charge >= 0.3 is 6.03 Å². The lowest BCUT2D eigenvalue weighted by molar-refractivity contribution is 0.251. The van der Waals surface area contributed by atoms with Crippen molar-refractivity contribution in [1.29, 1.82) is 0 Å². The van der Waals surface area contributed by atoms with Gasteiger partial charge in [-0.25, -0.2) is 4.79 Å². The second kappa shape index (κ2) is 6.95. The van der Waals surface area contributed by atoms with Crippen LogP contribution in [0.15, 0.2) is 54.7 Å². The van der Waals surface area contributed by atoms with Crippen molar-refractivity contribution < 1.29 is 4.79 Å². The minimum atomic E-state index is -0.255. The van der Waals surface area contributed by atoms with Crippen LogP contribution < -0.4 is 10.6 Å². The van der Waals surface area contributed by atoms with Gasteiger partial charge in [-0.15, -0.1) is 0 Å². The Bertz CT molecular complexity index is 842. The fourth-order valence-electron chi connectivity index (χ4n) is 2.42. The Balaban J connectivity index is 1.63. The van der Waals surface area contributed by atoms with E-state index in [0.717, 1.165) is 28.3 Å². The normalized spacial score (nSPS) is 10.4. The van der Waals surface area contributed by atoms with Gasteiger partial charge in [-0.1, -0.05) is 24.3 Å². The number of aromatic nitrogens is 3. The summed E-state index contributed by atoms with van der Waals surface area (Å²) in [5.41, 5.74) is 4.35. The van der Waals surface area contributed by atoms with Crippen LogP contribution in [0.25, 0.3) is 11.4 Å². The number of anilines is 1. The van der Waals surface area contributed by atoms with E-state index in [9.17, 15) is 4.79 Å². The predicted octanol–water partition coefficient (Wildman–Crippen LogP) is 3.11. The van der Waals surface area contributed by atoms with Crippen molar-refractivity contribution in [2.24, 2.45) is 7.05 Å². The van der Waals surface area contributed by atoms with Gasteiger partial charge in [0.2, 0.25) is 0 Å². The van der Waals surface area contributed by atoms with Gasteiger partial charge in [-0.3, -0.25) is 9.67 Å². The topological polar surface area (TPSA) is 71.8 Å². The van der Waals surface area contributed by atoms with E-state index < -0.39 is 0 Å². The highest BCUT2D eigenvalue weighted by Crippen LogP contribution is 2.17. The molecule has 1 aromatic carbocycles. The van der Waals surface area contributed by atoms with E-state index in [1.807, 2.05) is 62.5 Å². The molecule has 0 spiro atoms. The summed E-state index contributed by atoms with van der Waals surface area (Å²) in [7, 11) is 1.86. The average molecular weight is 321 g/mol. The number of nitrogens with one attached hydrogen (secondary N) is 2. The van der Waals surface area contributed by atoms with Crippen molar-refractivity contribution >= 4 is 11.7 Å². The Hall–Kier alpha value is -3.15. The molecule has 2 heterocycles. The quantitative estimate of drug-likeness (QED) is 0.775. The molecule has 0 atom stereocenters. The molecule has 0 saturated carbocycles. The minimum Gasteiger partial charge on any atom is -0.332 e. The van der Waals surface area contributed by atoms with E-state index in [2.05, 4.69) is 20.7 Å². The molecule has 0 aliphatic rings. The molecule has 0 saturated heterocycles. The highest BCUT2D eigenvalue weighted by Gasteiger charge is 2.10. The summed E-state index contributed by atoms with van der Waals surface area (Å²) in [5, 5.41) is 10.1. The Morgan fingerprint density at radius 2 is 1.96 bits per heavy atom. The molecule has 24 heavy (non-hydrogen) atoms. The fourth-order valence-corrected chi connectivity index (χ4v) is 2.42. The molecule has 0 aliphatic heterocycles. The van der Waals surface area contributed by atoms with Crippen molar-refractivity contribution in [2.75, 3.05) is 5.32 Å². The molecule has 6 nitrogen and oxygen atoms in total. The van der Waals surface area contributed by atoms with E-state index in [1.54, 1.807) is 10.9 Å². The molecule has 0 radical (unpaired) electrons. The van der Waals surface area contributed by atoms with Gasteiger partial charge in [0.25, 0.3) is 0 Å². The molecular weight excluding hydrogens is 302 g/mol. The lowest BCUT2D eigenvalue weighted by Crippen LogP contribution is -2.28. The first kappa shape index (κ1) is 15.7. The van der Waals surface area contributed by atoms with Gasteiger partial charge in [-0.05, 0) is 36.8 Å². The van der Waals surface area contributed by atoms with E-state index in [0.29, 0.717) is 6.54 Å². The molecule has 2 N–H and O–H groups in total. The zero-order valence-electron chi connectivity index (χ0n) is 13.7. The minimum absolute atomic E-state index is 0.255. The molecular formula is C18H19N5O. The summed E-state index contributed by atoms with van der Waals surface area (Å²) in [5.74, 6) is 0. The smallest absolute Gasteiger partial charge is 0.319 e. The third-order valence-corrected chi connectivity index (χ3v) is 3.68. The maximum atomic E-state index is 12.0. The summed E-state index contributed by atoms with van der Waals surface area (Å²) < 4.78 is 1.76. The number of pyridine rings is 1. The van der Waals surface area contributed by atoms with Crippen LogP contribution in [0.3, 0.4) is 0 Å². The highest BCUT2D eigenvalue weighted by atomic mass is 16.2. The maximum absolute atomic E-state index is 12.0. The van der Waals surface area contributed by atoms with Crippen LogP contribution in [0.5, 0.6) is 0 Å². The number of para-hydroxylation sites is 1. The number of carbonyl (C=O) groups excluding carboxylic acids is 1. The average Bonchev–Trinajstić information content (AvgIpc) is 2.97. The second-order valence-electron chi connectivity index (χ2n) is 5.48. The first-order valence-electron chi connectivity index (χ1n) is 7.68. The molecule has 0 unspecified atom stereocenters. The van der Waals surface area contributed by atoms with Gasteiger partial charge in [-0.2, -0.15) is 5.10 Å². The monoisotopic (exact) mass is 321 g/mol. The molecule has 0 aliphatic carbocycles. The lowest BCUT2D eigenvalue weighted by Gasteiger charge is -2.08. The third-order valence-electron chi connectivity index (χ3n) is 3.68. The van der Waals surface area contributed by atoms with Gasteiger partial charge in [0.05, 0.1) is 23.6 Å². The molecule has 3 aromatic rings. The molecule has 0 bridgehead atoms. The first-order valence-corrected chi connectivity index (χ1v) is 7.68. The standard InChI is InChI=1S/C18H19N5O/c1-13-7-3-4-8-15(13)21-18(24)20-12-14-11-17(23(2)22-14)16-9-5-6-10-19-16/h3-11H,12H2,1-2H3,(H2,20,21,24). The zero-order valence-corrected chi connectivity index (χ0v) is 13.7. The van der Waals surface area contributed by atoms with Crippen LogP contribution in [0, 0.1) is 6.92 Å². The number of benzene rings is 1. The summed E-state index contributed by atoms with van der Waals surface area (Å²) in [6, 6.07) is 15.1. The second-order valence-corrected chi connectivity index (χ2v) is 5.48. The first-order chi connectivity index (χ1) is 11.6. The SMILES string of the molecule is Cc1ccccc1NC(=O)NCc1cc(-c2ccccn2)n(C)n1. The van der Waals surface area contributed by atoms with Crippen molar-refractivity contribution in [3.8, 4) is 11.4 Å². The number of hydrogen-bond acceptors (Lipinski definition) is 3. The van der Waals surface area contributed by atoms with Gasteiger partial charge in [0.1, 0.15) is 0 Å². The van der Waals surface area contributed by atoms with Crippen molar-refractivity contribution in [2.45, 2.75) is 13.5 Å². The van der Waals surface area contributed by atoms with Crippen LogP contribution in [0.1, 0.15) is 11.3 Å². The van der Waals surface area contributed by atoms with Gasteiger partial charge in [0, 0.05) is 18.9 Å². The van der Waals surface area contributed by atoms with Crippen molar-refractivity contribution in [3.05, 3.63) is 66.0 Å².